The number of carbonyl (C=O) groups is 1. The van der Waals surface area contributed by atoms with Gasteiger partial charge in [0.1, 0.15) is 6.61 Å². The predicted octanol–water partition coefficient (Wildman–Crippen LogP) is 5.50. The molecule has 0 fully saturated rings. The Morgan fingerprint density at radius 1 is 1.03 bits per heavy atom. The Morgan fingerprint density at radius 3 is 2.53 bits per heavy atom. The minimum Gasteiger partial charge on any atom is -0.490 e. The molecule has 3 aromatic rings. The zero-order valence-electron chi connectivity index (χ0n) is 16.9. The molecular weight excluding hydrogens is 444 g/mol. The van der Waals surface area contributed by atoms with Crippen molar-refractivity contribution in [3.63, 3.8) is 0 Å². The number of benzene rings is 3. The van der Waals surface area contributed by atoms with Crippen LogP contribution in [0, 0.1) is 6.92 Å². The maximum absolute atomic E-state index is 12.2. The molecule has 0 saturated heterocycles. The second-order valence-corrected chi connectivity index (χ2v) is 7.45. The van der Waals surface area contributed by atoms with E-state index in [4.69, 9.17) is 9.47 Å². The summed E-state index contributed by atoms with van der Waals surface area (Å²) in [6.45, 7) is 4.94. The van der Waals surface area contributed by atoms with E-state index in [0.29, 0.717) is 34.7 Å². The molecule has 0 radical (unpaired) electrons. The Hall–Kier alpha value is -3.12. The van der Waals surface area contributed by atoms with Crippen LogP contribution in [0.4, 0.5) is 0 Å². The third-order valence-corrected chi connectivity index (χ3v) is 4.97. The average Bonchev–Trinajstić information content (AvgIpc) is 2.75. The lowest BCUT2D eigenvalue weighted by atomic mass is 10.2. The summed E-state index contributed by atoms with van der Waals surface area (Å²) in [5.41, 5.74) is 6.14. The van der Waals surface area contributed by atoms with Crippen molar-refractivity contribution >= 4 is 28.1 Å². The molecule has 1 N–H and O–H groups in total. The van der Waals surface area contributed by atoms with Gasteiger partial charge in [-0.2, -0.15) is 5.10 Å². The fourth-order valence-electron chi connectivity index (χ4n) is 2.71. The first-order chi connectivity index (χ1) is 14.6. The fraction of sp³-hybridized carbons (Fsp3) is 0.167. The Morgan fingerprint density at radius 2 is 1.80 bits per heavy atom. The van der Waals surface area contributed by atoms with E-state index < -0.39 is 0 Å². The number of nitrogens with zero attached hydrogens (tertiary/aromatic N) is 1. The molecule has 6 heteroatoms. The summed E-state index contributed by atoms with van der Waals surface area (Å²) < 4.78 is 12.4. The van der Waals surface area contributed by atoms with E-state index >= 15 is 0 Å². The minimum atomic E-state index is -0.290. The summed E-state index contributed by atoms with van der Waals surface area (Å²) in [5, 5.41) is 4.05. The molecule has 154 valence electrons. The van der Waals surface area contributed by atoms with Crippen molar-refractivity contribution in [2.75, 3.05) is 6.61 Å². The maximum atomic E-state index is 12.2. The summed E-state index contributed by atoms with van der Waals surface area (Å²) in [4.78, 5) is 12.2. The molecule has 0 aliphatic rings. The molecule has 30 heavy (non-hydrogen) atoms. The quantitative estimate of drug-likeness (QED) is 0.352. The minimum absolute atomic E-state index is 0.290. The summed E-state index contributed by atoms with van der Waals surface area (Å²) in [6, 6.07) is 20.9. The molecule has 0 atom stereocenters. The summed E-state index contributed by atoms with van der Waals surface area (Å²) in [5.74, 6) is 0.999. The van der Waals surface area contributed by atoms with E-state index in [1.807, 2.05) is 49.4 Å². The van der Waals surface area contributed by atoms with Crippen LogP contribution in [0.2, 0.25) is 0 Å². The van der Waals surface area contributed by atoms with Gasteiger partial charge in [0, 0.05) is 4.47 Å². The average molecular weight is 467 g/mol. The third kappa shape index (κ3) is 5.94. The lowest BCUT2D eigenvalue weighted by Gasteiger charge is -2.13. The van der Waals surface area contributed by atoms with Gasteiger partial charge in [-0.1, -0.05) is 42.0 Å². The second-order valence-electron chi connectivity index (χ2n) is 6.59. The zero-order chi connectivity index (χ0) is 21.3. The van der Waals surface area contributed by atoms with Crippen LogP contribution in [0.5, 0.6) is 11.5 Å². The van der Waals surface area contributed by atoms with Crippen molar-refractivity contribution in [1.82, 2.24) is 5.43 Å². The number of carbonyl (C=O) groups excluding carboxylic acids is 1. The molecule has 3 rings (SSSR count). The van der Waals surface area contributed by atoms with Crippen molar-refractivity contribution in [2.45, 2.75) is 20.5 Å². The maximum Gasteiger partial charge on any atom is 0.272 e. The number of aryl methyl sites for hydroxylation is 1. The molecule has 3 aromatic carbocycles. The smallest absolute Gasteiger partial charge is 0.272 e. The number of hydrazone groups is 1. The van der Waals surface area contributed by atoms with Crippen molar-refractivity contribution < 1.29 is 14.3 Å². The third-order valence-electron chi connectivity index (χ3n) is 4.28. The summed E-state index contributed by atoms with van der Waals surface area (Å²) in [6.07, 6.45) is 1.57. The van der Waals surface area contributed by atoms with Gasteiger partial charge >= 0.3 is 0 Å². The van der Waals surface area contributed by atoms with Gasteiger partial charge in [0.15, 0.2) is 11.5 Å². The second kappa shape index (κ2) is 10.6. The van der Waals surface area contributed by atoms with Gasteiger partial charge in [-0.15, -0.1) is 0 Å². The lowest BCUT2D eigenvalue weighted by Crippen LogP contribution is -2.18. The van der Waals surface area contributed by atoms with Crippen molar-refractivity contribution in [3.05, 3.63) is 93.5 Å². The normalized spacial score (nSPS) is 10.8. The molecule has 0 bridgehead atoms. The number of rotatable bonds is 8. The number of hydrogen-bond donors (Lipinski definition) is 1. The first kappa shape index (κ1) is 21.6. The van der Waals surface area contributed by atoms with Crippen LogP contribution < -0.4 is 14.9 Å². The molecule has 0 unspecified atom stereocenters. The standard InChI is InChI=1S/C24H23BrN2O3/c1-3-29-23-14-19(15-26-27-24(28)20-6-4-5-7-21(20)25)12-13-22(23)30-16-18-10-8-17(2)9-11-18/h4-15H,3,16H2,1-2H3,(H,27,28)/b26-15+. The first-order valence-corrected chi connectivity index (χ1v) is 10.4. The molecular formula is C24H23BrN2O3. The van der Waals surface area contributed by atoms with Crippen molar-refractivity contribution in [2.24, 2.45) is 5.10 Å². The van der Waals surface area contributed by atoms with Gasteiger partial charge in [-0.3, -0.25) is 4.79 Å². The van der Waals surface area contributed by atoms with Crippen LogP contribution in [0.15, 0.2) is 76.3 Å². The van der Waals surface area contributed by atoms with E-state index in [1.165, 1.54) is 5.56 Å². The van der Waals surface area contributed by atoms with Crippen LogP contribution in [0.25, 0.3) is 0 Å². The van der Waals surface area contributed by atoms with Crippen LogP contribution in [-0.2, 0) is 6.61 Å². The lowest BCUT2D eigenvalue weighted by molar-refractivity contribution is 0.0954. The molecule has 5 nitrogen and oxygen atoms in total. The zero-order valence-corrected chi connectivity index (χ0v) is 18.5. The van der Waals surface area contributed by atoms with E-state index in [-0.39, 0.29) is 5.91 Å². The van der Waals surface area contributed by atoms with E-state index in [9.17, 15) is 4.79 Å². The highest BCUT2D eigenvalue weighted by molar-refractivity contribution is 9.10. The van der Waals surface area contributed by atoms with Crippen molar-refractivity contribution in [1.29, 1.82) is 0 Å². The van der Waals surface area contributed by atoms with Crippen LogP contribution in [0.1, 0.15) is 34.0 Å². The van der Waals surface area contributed by atoms with Gasteiger partial charge in [-0.05, 0) is 71.2 Å². The number of halogens is 1. The molecule has 0 spiro atoms. The Balaban J connectivity index is 1.66. The van der Waals surface area contributed by atoms with Crippen LogP contribution in [0.3, 0.4) is 0 Å². The largest absolute Gasteiger partial charge is 0.490 e. The Kier molecular flexibility index (Phi) is 7.63. The molecule has 0 saturated carbocycles. The Labute approximate surface area is 184 Å². The fourth-order valence-corrected chi connectivity index (χ4v) is 3.17. The first-order valence-electron chi connectivity index (χ1n) is 9.60. The van der Waals surface area contributed by atoms with E-state index in [2.05, 4.69) is 45.5 Å². The molecule has 0 aliphatic heterocycles. The number of ether oxygens (including phenoxy) is 2. The Bertz CT molecular complexity index is 1030. The molecule has 0 aliphatic carbocycles. The summed E-state index contributed by atoms with van der Waals surface area (Å²) in [7, 11) is 0. The van der Waals surface area contributed by atoms with Crippen molar-refractivity contribution in [3.8, 4) is 11.5 Å². The number of amides is 1. The van der Waals surface area contributed by atoms with E-state index in [0.717, 1.165) is 11.1 Å². The highest BCUT2D eigenvalue weighted by Crippen LogP contribution is 2.29. The molecule has 1 amide bonds. The predicted molar refractivity (Wildman–Crippen MR) is 122 cm³/mol. The monoisotopic (exact) mass is 466 g/mol. The topological polar surface area (TPSA) is 59.9 Å². The van der Waals surface area contributed by atoms with E-state index in [1.54, 1.807) is 18.3 Å². The van der Waals surface area contributed by atoms with Gasteiger partial charge in [0.25, 0.3) is 5.91 Å². The number of hydrogen-bond acceptors (Lipinski definition) is 4. The highest BCUT2D eigenvalue weighted by Gasteiger charge is 2.09. The van der Waals surface area contributed by atoms with Gasteiger partial charge in [-0.25, -0.2) is 5.43 Å². The molecule has 0 heterocycles. The van der Waals surface area contributed by atoms with Crippen LogP contribution >= 0.6 is 15.9 Å². The highest BCUT2D eigenvalue weighted by atomic mass is 79.9. The van der Waals surface area contributed by atoms with Gasteiger partial charge in [0.05, 0.1) is 18.4 Å². The molecule has 0 aromatic heterocycles. The SMILES string of the molecule is CCOc1cc(/C=N/NC(=O)c2ccccc2Br)ccc1OCc1ccc(C)cc1. The summed E-state index contributed by atoms with van der Waals surface area (Å²) >= 11 is 3.36. The van der Waals surface area contributed by atoms with Gasteiger partial charge < -0.3 is 9.47 Å². The van der Waals surface area contributed by atoms with Crippen LogP contribution in [-0.4, -0.2) is 18.7 Å². The number of nitrogens with one attached hydrogen (secondary N) is 1. The van der Waals surface area contributed by atoms with Gasteiger partial charge in [0.2, 0.25) is 0 Å².